The monoisotopic (exact) mass is 327 g/mol. The summed E-state index contributed by atoms with van der Waals surface area (Å²) in [5, 5.41) is 3.61. The van der Waals surface area contributed by atoms with Gasteiger partial charge in [0.25, 0.3) is 0 Å². The average Bonchev–Trinajstić information content (AvgIpc) is 3.04. The van der Waals surface area contributed by atoms with Crippen molar-refractivity contribution < 1.29 is 4.79 Å². The largest absolute Gasteiger partial charge is 0.342 e. The zero-order chi connectivity index (χ0) is 16.5. The average molecular weight is 327 g/mol. The minimum absolute atomic E-state index is 0.105. The van der Waals surface area contributed by atoms with E-state index in [-0.39, 0.29) is 6.04 Å². The number of carbonyl (C=O) groups excluding carboxylic acids is 1. The number of amides is 1. The van der Waals surface area contributed by atoms with Gasteiger partial charge in [0.2, 0.25) is 5.91 Å². The van der Waals surface area contributed by atoms with Gasteiger partial charge in [-0.15, -0.1) is 0 Å². The summed E-state index contributed by atoms with van der Waals surface area (Å²) in [7, 11) is 0. The van der Waals surface area contributed by atoms with Crippen LogP contribution in [0.15, 0.2) is 30.6 Å². The van der Waals surface area contributed by atoms with E-state index in [4.69, 9.17) is 0 Å². The summed E-state index contributed by atoms with van der Waals surface area (Å²) < 4.78 is 2.12. The van der Waals surface area contributed by atoms with Crippen molar-refractivity contribution in [2.45, 2.75) is 38.4 Å². The molecule has 2 aromatic heterocycles. The molecular weight excluding hydrogens is 302 g/mol. The molecule has 24 heavy (non-hydrogen) atoms. The lowest BCUT2D eigenvalue weighted by Crippen LogP contribution is -2.65. The Labute approximate surface area is 142 Å². The van der Waals surface area contributed by atoms with E-state index in [1.165, 1.54) is 5.69 Å². The highest BCUT2D eigenvalue weighted by atomic mass is 16.2. The van der Waals surface area contributed by atoms with Gasteiger partial charge < -0.3 is 14.6 Å². The fraction of sp³-hybridized carbons (Fsp3) is 0.556. The van der Waals surface area contributed by atoms with Gasteiger partial charge in [0.1, 0.15) is 5.65 Å². The second kappa shape index (κ2) is 6.53. The Kier molecular flexibility index (Phi) is 4.24. The molecule has 6 nitrogen and oxygen atoms in total. The summed E-state index contributed by atoms with van der Waals surface area (Å²) in [5.41, 5.74) is 2.20. The molecule has 0 aliphatic carbocycles. The molecule has 6 heteroatoms. The highest BCUT2D eigenvalue weighted by Crippen LogP contribution is 2.22. The van der Waals surface area contributed by atoms with Crippen molar-refractivity contribution in [2.24, 2.45) is 0 Å². The molecule has 0 bridgehead atoms. The minimum atomic E-state index is 0.105. The Morgan fingerprint density at radius 2 is 2.21 bits per heavy atom. The van der Waals surface area contributed by atoms with Crippen LogP contribution in [0.25, 0.3) is 5.65 Å². The van der Waals surface area contributed by atoms with Gasteiger partial charge in [-0.05, 0) is 31.9 Å². The summed E-state index contributed by atoms with van der Waals surface area (Å²) >= 11 is 0. The number of carbonyl (C=O) groups is 1. The Bertz CT molecular complexity index is 721. The number of likely N-dealkylation sites (tertiary alicyclic amines) is 2. The third-order valence-corrected chi connectivity index (χ3v) is 5.32. The van der Waals surface area contributed by atoms with E-state index >= 15 is 0 Å². The lowest BCUT2D eigenvalue weighted by atomic mass is 9.97. The minimum Gasteiger partial charge on any atom is -0.342 e. The first kappa shape index (κ1) is 15.6. The summed E-state index contributed by atoms with van der Waals surface area (Å²) in [5.74, 6) is 0.324. The smallest absolute Gasteiger partial charge is 0.239 e. The van der Waals surface area contributed by atoms with Crippen LogP contribution in [0.4, 0.5) is 0 Å². The van der Waals surface area contributed by atoms with Gasteiger partial charge in [-0.25, -0.2) is 4.98 Å². The second-order valence-corrected chi connectivity index (χ2v) is 6.78. The third-order valence-electron chi connectivity index (χ3n) is 5.32. The molecule has 1 atom stereocenters. The first-order valence-electron chi connectivity index (χ1n) is 8.93. The fourth-order valence-corrected chi connectivity index (χ4v) is 3.87. The number of pyridine rings is 1. The van der Waals surface area contributed by atoms with Gasteiger partial charge in [0.15, 0.2) is 0 Å². The normalized spacial score (nSPS) is 23.0. The highest BCUT2D eigenvalue weighted by molar-refractivity contribution is 5.82. The van der Waals surface area contributed by atoms with E-state index in [0.29, 0.717) is 11.9 Å². The maximum Gasteiger partial charge on any atom is 0.239 e. The number of rotatable bonds is 5. The molecule has 1 amide bonds. The van der Waals surface area contributed by atoms with E-state index in [0.717, 1.165) is 51.2 Å². The second-order valence-electron chi connectivity index (χ2n) is 6.78. The van der Waals surface area contributed by atoms with Gasteiger partial charge >= 0.3 is 0 Å². The Balaban J connectivity index is 1.30. The van der Waals surface area contributed by atoms with Crippen LogP contribution >= 0.6 is 0 Å². The molecule has 0 spiro atoms. The van der Waals surface area contributed by atoms with Crippen LogP contribution < -0.4 is 5.32 Å². The van der Waals surface area contributed by atoms with E-state index in [1.54, 1.807) is 0 Å². The number of piperidine rings is 1. The molecule has 2 saturated heterocycles. The van der Waals surface area contributed by atoms with Gasteiger partial charge in [-0.1, -0.05) is 6.07 Å². The Morgan fingerprint density at radius 1 is 1.33 bits per heavy atom. The number of hydrogen-bond donors (Lipinski definition) is 1. The van der Waals surface area contributed by atoms with Crippen LogP contribution in [0.5, 0.6) is 0 Å². The molecular formula is C18H25N5O. The summed E-state index contributed by atoms with van der Waals surface area (Å²) in [6.45, 7) is 6.58. The van der Waals surface area contributed by atoms with Crippen molar-refractivity contribution in [2.75, 3.05) is 26.2 Å². The first-order valence-corrected chi connectivity index (χ1v) is 8.93. The van der Waals surface area contributed by atoms with Crippen molar-refractivity contribution in [3.63, 3.8) is 0 Å². The molecule has 0 radical (unpaired) electrons. The predicted molar refractivity (Wildman–Crippen MR) is 92.7 cm³/mol. The molecule has 2 fully saturated rings. The molecule has 2 aromatic rings. The highest BCUT2D eigenvalue weighted by Gasteiger charge is 2.38. The van der Waals surface area contributed by atoms with Crippen molar-refractivity contribution in [3.05, 3.63) is 36.3 Å². The van der Waals surface area contributed by atoms with E-state index < -0.39 is 0 Å². The number of aromatic nitrogens is 2. The molecule has 0 aromatic carbocycles. The molecule has 1 N–H and O–H groups in total. The van der Waals surface area contributed by atoms with Crippen LogP contribution in [0.2, 0.25) is 0 Å². The van der Waals surface area contributed by atoms with Crippen LogP contribution in [-0.4, -0.2) is 63.4 Å². The lowest BCUT2D eigenvalue weighted by Gasteiger charge is -2.47. The van der Waals surface area contributed by atoms with E-state index in [9.17, 15) is 4.79 Å². The Morgan fingerprint density at radius 3 is 3.04 bits per heavy atom. The topological polar surface area (TPSA) is 52.9 Å². The summed E-state index contributed by atoms with van der Waals surface area (Å²) in [6, 6.07) is 6.76. The van der Waals surface area contributed by atoms with Crippen LogP contribution in [0.3, 0.4) is 0 Å². The number of hydrogen-bond acceptors (Lipinski definition) is 4. The fourth-order valence-electron chi connectivity index (χ4n) is 3.87. The van der Waals surface area contributed by atoms with E-state index in [2.05, 4.69) is 32.6 Å². The maximum atomic E-state index is 12.4. The molecule has 128 valence electrons. The molecule has 2 aliphatic rings. The van der Waals surface area contributed by atoms with Crippen molar-refractivity contribution >= 4 is 11.6 Å². The zero-order valence-electron chi connectivity index (χ0n) is 14.2. The molecule has 4 rings (SSSR count). The standard InChI is InChI=1S/C18H25N5O/c1-2-21-9-4-6-16(18(21)24)22-12-14(13-22)20-11-15-5-3-7-17-19-8-10-23(15)17/h3,5,7-8,10,14,16,20H,2,4,6,9,11-13H2,1H3. The van der Waals surface area contributed by atoms with Crippen LogP contribution in [-0.2, 0) is 11.3 Å². The van der Waals surface area contributed by atoms with Gasteiger partial charge in [0, 0.05) is 56.9 Å². The zero-order valence-corrected chi connectivity index (χ0v) is 14.2. The van der Waals surface area contributed by atoms with Crippen LogP contribution in [0.1, 0.15) is 25.5 Å². The van der Waals surface area contributed by atoms with Crippen molar-refractivity contribution in [1.29, 1.82) is 0 Å². The first-order chi connectivity index (χ1) is 11.8. The predicted octanol–water partition coefficient (Wildman–Crippen LogP) is 1.12. The molecule has 4 heterocycles. The quantitative estimate of drug-likeness (QED) is 0.894. The molecule has 2 aliphatic heterocycles. The number of nitrogens with one attached hydrogen (secondary N) is 1. The summed E-state index contributed by atoms with van der Waals surface area (Å²) in [4.78, 5) is 21.1. The van der Waals surface area contributed by atoms with Crippen LogP contribution in [0, 0.1) is 0 Å². The van der Waals surface area contributed by atoms with Crippen molar-refractivity contribution in [3.8, 4) is 0 Å². The Hall–Kier alpha value is -1.92. The van der Waals surface area contributed by atoms with E-state index in [1.807, 2.05) is 29.4 Å². The van der Waals surface area contributed by atoms with Gasteiger partial charge in [0.05, 0.1) is 6.04 Å². The maximum absolute atomic E-state index is 12.4. The lowest BCUT2D eigenvalue weighted by molar-refractivity contribution is -0.142. The van der Waals surface area contributed by atoms with Gasteiger partial charge in [-0.3, -0.25) is 9.69 Å². The third kappa shape index (κ3) is 2.80. The summed E-state index contributed by atoms with van der Waals surface area (Å²) in [6.07, 6.45) is 5.97. The molecule has 1 unspecified atom stereocenters. The number of nitrogens with zero attached hydrogens (tertiary/aromatic N) is 4. The number of imidazole rings is 1. The number of fused-ring (bicyclic) bond motifs is 1. The molecule has 0 saturated carbocycles. The van der Waals surface area contributed by atoms with Crippen molar-refractivity contribution in [1.82, 2.24) is 24.5 Å². The van der Waals surface area contributed by atoms with Gasteiger partial charge in [-0.2, -0.15) is 0 Å². The number of likely N-dealkylation sites (N-methyl/N-ethyl adjacent to an activating group) is 1. The SMILES string of the molecule is CCN1CCCC(N2CC(NCc3cccc4nccn34)C2)C1=O.